The molecule has 0 aliphatic heterocycles. The summed E-state index contributed by atoms with van der Waals surface area (Å²) < 4.78 is 1.21. The lowest BCUT2D eigenvalue weighted by Crippen LogP contribution is -2.14. The molecule has 0 saturated carbocycles. The predicted molar refractivity (Wildman–Crippen MR) is 87.8 cm³/mol. The second kappa shape index (κ2) is 5.74. The summed E-state index contributed by atoms with van der Waals surface area (Å²) in [4.78, 5) is 12.3. The molecule has 0 atom stereocenters. The van der Waals surface area contributed by atoms with Crippen molar-refractivity contribution in [3.05, 3.63) is 62.2 Å². The number of halogens is 1. The molecular weight excluding hydrogens is 349 g/mol. The van der Waals surface area contributed by atoms with E-state index in [1.165, 1.54) is 9.13 Å². The maximum absolute atomic E-state index is 12.3. The van der Waals surface area contributed by atoms with E-state index < -0.39 is 0 Å². The molecule has 2 rings (SSSR count). The van der Waals surface area contributed by atoms with Crippen LogP contribution in [0.4, 0.5) is 5.69 Å². The van der Waals surface area contributed by atoms with Gasteiger partial charge >= 0.3 is 0 Å². The van der Waals surface area contributed by atoms with Crippen LogP contribution in [0.3, 0.4) is 0 Å². The van der Waals surface area contributed by atoms with Crippen LogP contribution in [-0.4, -0.2) is 5.91 Å². The van der Waals surface area contributed by atoms with Crippen molar-refractivity contribution in [1.29, 1.82) is 0 Å². The van der Waals surface area contributed by atoms with Gasteiger partial charge in [0.05, 0.1) is 0 Å². The topological polar surface area (TPSA) is 29.1 Å². The highest BCUT2D eigenvalue weighted by Crippen LogP contribution is 2.22. The van der Waals surface area contributed by atoms with Gasteiger partial charge in [-0.15, -0.1) is 0 Å². The number of aryl methyl sites for hydroxylation is 3. The number of benzene rings is 2. The second-order valence-corrected chi connectivity index (χ2v) is 5.85. The fourth-order valence-corrected chi connectivity index (χ4v) is 2.56. The van der Waals surface area contributed by atoms with Gasteiger partial charge in [0, 0.05) is 14.8 Å². The molecule has 2 aromatic carbocycles. The lowest BCUT2D eigenvalue weighted by atomic mass is 10.1. The van der Waals surface area contributed by atoms with E-state index in [0.717, 1.165) is 22.4 Å². The number of amides is 1. The van der Waals surface area contributed by atoms with Crippen LogP contribution < -0.4 is 5.32 Å². The Kier molecular flexibility index (Phi) is 4.24. The largest absolute Gasteiger partial charge is 0.322 e. The normalized spacial score (nSPS) is 10.3. The molecule has 0 bridgehead atoms. The Bertz CT molecular complexity index is 635. The smallest absolute Gasteiger partial charge is 0.255 e. The number of rotatable bonds is 2. The van der Waals surface area contributed by atoms with Gasteiger partial charge in [0.25, 0.3) is 5.91 Å². The standard InChI is InChI=1S/C16H16INO/c1-10-6-4-5-7-13(10)16(19)18-15-9-11(2)14(17)8-12(15)3/h4-9H,1-3H3,(H,18,19). The molecule has 0 fully saturated rings. The van der Waals surface area contributed by atoms with Crippen LogP contribution in [0.2, 0.25) is 0 Å². The minimum Gasteiger partial charge on any atom is -0.322 e. The fraction of sp³-hybridized carbons (Fsp3) is 0.188. The molecule has 0 aliphatic carbocycles. The average molecular weight is 365 g/mol. The summed E-state index contributed by atoms with van der Waals surface area (Å²) in [6.45, 7) is 6.00. The van der Waals surface area contributed by atoms with Crippen LogP contribution in [0.15, 0.2) is 36.4 Å². The third-order valence-corrected chi connectivity index (χ3v) is 4.31. The van der Waals surface area contributed by atoms with E-state index in [2.05, 4.69) is 34.0 Å². The molecular formula is C16H16INO. The number of hydrogen-bond acceptors (Lipinski definition) is 1. The van der Waals surface area contributed by atoms with Crippen molar-refractivity contribution in [1.82, 2.24) is 0 Å². The Morgan fingerprint density at radius 2 is 1.68 bits per heavy atom. The lowest BCUT2D eigenvalue weighted by Gasteiger charge is -2.12. The Morgan fingerprint density at radius 3 is 2.37 bits per heavy atom. The highest BCUT2D eigenvalue weighted by molar-refractivity contribution is 14.1. The van der Waals surface area contributed by atoms with E-state index >= 15 is 0 Å². The number of carbonyl (C=O) groups is 1. The summed E-state index contributed by atoms with van der Waals surface area (Å²) in [6, 6.07) is 11.7. The van der Waals surface area contributed by atoms with Crippen LogP contribution in [0, 0.1) is 24.3 Å². The molecule has 0 radical (unpaired) electrons. The summed E-state index contributed by atoms with van der Waals surface area (Å²) in [7, 11) is 0. The molecule has 0 spiro atoms. The summed E-state index contributed by atoms with van der Waals surface area (Å²) in [5.41, 5.74) is 4.84. The van der Waals surface area contributed by atoms with Gasteiger partial charge in [-0.25, -0.2) is 0 Å². The Hall–Kier alpha value is -1.36. The van der Waals surface area contributed by atoms with Crippen molar-refractivity contribution >= 4 is 34.2 Å². The van der Waals surface area contributed by atoms with Gasteiger partial charge in [-0.1, -0.05) is 18.2 Å². The monoisotopic (exact) mass is 365 g/mol. The van der Waals surface area contributed by atoms with Crippen molar-refractivity contribution < 1.29 is 4.79 Å². The van der Waals surface area contributed by atoms with Crippen LogP contribution in [0.1, 0.15) is 27.0 Å². The number of hydrogen-bond donors (Lipinski definition) is 1. The maximum atomic E-state index is 12.3. The fourth-order valence-electron chi connectivity index (χ4n) is 1.93. The number of carbonyl (C=O) groups excluding carboxylic acids is 1. The minimum atomic E-state index is -0.0539. The Labute approximate surface area is 127 Å². The van der Waals surface area contributed by atoms with Crippen molar-refractivity contribution in [2.24, 2.45) is 0 Å². The average Bonchev–Trinajstić information content (AvgIpc) is 2.36. The first-order valence-corrected chi connectivity index (χ1v) is 7.20. The van der Waals surface area contributed by atoms with Crippen LogP contribution in [0.5, 0.6) is 0 Å². The highest BCUT2D eigenvalue weighted by atomic mass is 127. The van der Waals surface area contributed by atoms with Crippen LogP contribution >= 0.6 is 22.6 Å². The number of nitrogens with one attached hydrogen (secondary N) is 1. The number of anilines is 1. The Morgan fingerprint density at radius 1 is 1.00 bits per heavy atom. The summed E-state index contributed by atoms with van der Waals surface area (Å²) in [6.07, 6.45) is 0. The van der Waals surface area contributed by atoms with Crippen molar-refractivity contribution in [2.45, 2.75) is 20.8 Å². The van der Waals surface area contributed by atoms with Crippen molar-refractivity contribution in [3.8, 4) is 0 Å². The zero-order valence-electron chi connectivity index (χ0n) is 11.3. The quantitative estimate of drug-likeness (QED) is 0.782. The molecule has 0 saturated heterocycles. The molecule has 0 heterocycles. The summed E-state index contributed by atoms with van der Waals surface area (Å²) in [5.74, 6) is -0.0539. The highest BCUT2D eigenvalue weighted by Gasteiger charge is 2.10. The molecule has 2 aromatic rings. The molecule has 2 nitrogen and oxygen atoms in total. The van der Waals surface area contributed by atoms with E-state index in [0.29, 0.717) is 0 Å². The molecule has 0 unspecified atom stereocenters. The third-order valence-electron chi connectivity index (χ3n) is 3.14. The first kappa shape index (κ1) is 14.1. The van der Waals surface area contributed by atoms with Gasteiger partial charge in [-0.3, -0.25) is 4.79 Å². The van der Waals surface area contributed by atoms with Crippen LogP contribution in [0.25, 0.3) is 0 Å². The van der Waals surface area contributed by atoms with E-state index in [-0.39, 0.29) is 5.91 Å². The molecule has 1 amide bonds. The zero-order valence-corrected chi connectivity index (χ0v) is 13.4. The summed E-state index contributed by atoms with van der Waals surface area (Å²) in [5, 5.41) is 2.99. The van der Waals surface area contributed by atoms with Gasteiger partial charge < -0.3 is 5.32 Å². The van der Waals surface area contributed by atoms with Crippen LogP contribution in [-0.2, 0) is 0 Å². The second-order valence-electron chi connectivity index (χ2n) is 4.69. The van der Waals surface area contributed by atoms with Gasteiger partial charge in [0.1, 0.15) is 0 Å². The SMILES string of the molecule is Cc1cc(NC(=O)c2ccccc2C)c(C)cc1I. The Balaban J connectivity index is 2.30. The predicted octanol–water partition coefficient (Wildman–Crippen LogP) is 4.47. The van der Waals surface area contributed by atoms with Crippen molar-refractivity contribution in [2.75, 3.05) is 5.32 Å². The van der Waals surface area contributed by atoms with E-state index in [4.69, 9.17) is 0 Å². The first-order valence-electron chi connectivity index (χ1n) is 6.13. The molecule has 19 heavy (non-hydrogen) atoms. The third kappa shape index (κ3) is 3.15. The minimum absolute atomic E-state index is 0.0539. The molecule has 3 heteroatoms. The summed E-state index contributed by atoms with van der Waals surface area (Å²) >= 11 is 2.30. The van der Waals surface area contributed by atoms with Gasteiger partial charge in [-0.05, 0) is 78.3 Å². The van der Waals surface area contributed by atoms with E-state index in [9.17, 15) is 4.79 Å². The van der Waals surface area contributed by atoms with E-state index in [1.807, 2.05) is 51.1 Å². The molecule has 98 valence electrons. The van der Waals surface area contributed by atoms with Gasteiger partial charge in [-0.2, -0.15) is 0 Å². The van der Waals surface area contributed by atoms with E-state index in [1.54, 1.807) is 0 Å². The maximum Gasteiger partial charge on any atom is 0.255 e. The molecule has 0 aliphatic rings. The lowest BCUT2D eigenvalue weighted by molar-refractivity contribution is 0.102. The first-order chi connectivity index (χ1) is 8.99. The molecule has 0 aromatic heterocycles. The van der Waals surface area contributed by atoms with Crippen molar-refractivity contribution in [3.63, 3.8) is 0 Å². The van der Waals surface area contributed by atoms with Gasteiger partial charge in [0.2, 0.25) is 0 Å². The van der Waals surface area contributed by atoms with Gasteiger partial charge in [0.15, 0.2) is 0 Å². The molecule has 1 N–H and O–H groups in total. The zero-order chi connectivity index (χ0) is 14.0.